The highest BCUT2D eigenvalue weighted by Crippen LogP contribution is 2.35. The first kappa shape index (κ1) is 19.9. The van der Waals surface area contributed by atoms with Crippen LogP contribution in [0.15, 0.2) is 42.5 Å². The molecule has 2 aromatic carbocycles. The molecule has 0 fully saturated rings. The number of rotatable bonds is 3. The number of aromatic nitrogens is 1. The van der Waals surface area contributed by atoms with Crippen LogP contribution in [0, 0.1) is 5.82 Å². The summed E-state index contributed by atoms with van der Waals surface area (Å²) in [5.41, 5.74) is 3.21. The van der Waals surface area contributed by atoms with Gasteiger partial charge in [-0.3, -0.25) is 0 Å². The lowest BCUT2D eigenvalue weighted by molar-refractivity contribution is 0.0380. The minimum atomic E-state index is -1.11. The van der Waals surface area contributed by atoms with Crippen LogP contribution in [-0.4, -0.2) is 28.2 Å². The van der Waals surface area contributed by atoms with E-state index in [0.717, 1.165) is 35.4 Å². The van der Waals surface area contributed by atoms with Gasteiger partial charge in [-0.2, -0.15) is 0 Å². The Kier molecular flexibility index (Phi) is 5.35. The summed E-state index contributed by atoms with van der Waals surface area (Å²) >= 11 is 6.24. The maximum atomic E-state index is 13.3. The Bertz CT molecular complexity index is 963. The van der Waals surface area contributed by atoms with Crippen LogP contribution < -0.4 is 0 Å². The van der Waals surface area contributed by atoms with E-state index >= 15 is 0 Å². The average molecular weight is 389 g/mol. The zero-order valence-electron chi connectivity index (χ0n) is 15.0. The molecule has 1 aliphatic heterocycles. The summed E-state index contributed by atoms with van der Waals surface area (Å²) in [6.07, 6.45) is 0.967. The van der Waals surface area contributed by atoms with Gasteiger partial charge >= 0.3 is 0 Å². The van der Waals surface area contributed by atoms with Gasteiger partial charge < -0.3 is 14.6 Å². The molecule has 27 heavy (non-hydrogen) atoms. The van der Waals surface area contributed by atoms with Crippen LogP contribution in [0.1, 0.15) is 31.2 Å². The van der Waals surface area contributed by atoms with Crippen molar-refractivity contribution in [2.45, 2.75) is 39.5 Å². The van der Waals surface area contributed by atoms with Crippen molar-refractivity contribution >= 4 is 22.5 Å². The Labute approximate surface area is 165 Å². The molecule has 1 N–H and O–H groups in total. The first-order valence-corrected chi connectivity index (χ1v) is 9.19. The van der Waals surface area contributed by atoms with Crippen LogP contribution in [-0.2, 0) is 25.1 Å². The van der Waals surface area contributed by atoms with Crippen molar-refractivity contribution in [3.63, 3.8) is 0 Å². The first-order valence-electron chi connectivity index (χ1n) is 8.81. The van der Waals surface area contributed by atoms with Crippen molar-refractivity contribution < 1.29 is 9.50 Å². The molecule has 0 amide bonds. The standard InChI is InChI=1S/C21H22ClFN2O.CH4/c1-21(26,14-3-6-16(23)7-4-14)13-25-19-8-5-15(22)11-18(19)17-9-10-24(2)12-20(17)25;/h3-8,11,26H,9-10,12-13H2,1-2H3;1H4. The monoisotopic (exact) mass is 388 g/mol. The number of aliphatic hydroxyl groups is 1. The third-order valence-electron chi connectivity index (χ3n) is 5.34. The van der Waals surface area contributed by atoms with Gasteiger partial charge in [0.25, 0.3) is 0 Å². The molecule has 144 valence electrons. The van der Waals surface area contributed by atoms with Crippen molar-refractivity contribution in [2.24, 2.45) is 0 Å². The highest BCUT2D eigenvalue weighted by molar-refractivity contribution is 6.31. The number of likely N-dealkylation sites (N-methyl/N-ethyl adjacent to an activating group) is 1. The summed E-state index contributed by atoms with van der Waals surface area (Å²) in [5, 5.41) is 13.0. The number of hydrogen-bond acceptors (Lipinski definition) is 2. The summed E-state index contributed by atoms with van der Waals surface area (Å²) in [7, 11) is 2.11. The summed E-state index contributed by atoms with van der Waals surface area (Å²) in [4.78, 5) is 2.28. The summed E-state index contributed by atoms with van der Waals surface area (Å²) in [6.45, 7) is 4.02. The molecule has 1 aliphatic rings. The van der Waals surface area contributed by atoms with E-state index in [4.69, 9.17) is 11.6 Å². The molecule has 0 radical (unpaired) electrons. The highest BCUT2D eigenvalue weighted by atomic mass is 35.5. The maximum absolute atomic E-state index is 13.3. The van der Waals surface area contributed by atoms with Crippen LogP contribution in [0.3, 0.4) is 0 Å². The Hall–Kier alpha value is -1.88. The van der Waals surface area contributed by atoms with Crippen molar-refractivity contribution in [3.8, 4) is 0 Å². The van der Waals surface area contributed by atoms with Gasteiger partial charge in [0.1, 0.15) is 11.4 Å². The van der Waals surface area contributed by atoms with Crippen LogP contribution >= 0.6 is 11.6 Å². The minimum Gasteiger partial charge on any atom is -0.384 e. The van der Waals surface area contributed by atoms with Gasteiger partial charge in [-0.1, -0.05) is 31.2 Å². The predicted molar refractivity (Wildman–Crippen MR) is 110 cm³/mol. The molecule has 0 saturated carbocycles. The van der Waals surface area contributed by atoms with Crippen molar-refractivity contribution in [2.75, 3.05) is 13.6 Å². The minimum absolute atomic E-state index is 0. The summed E-state index contributed by atoms with van der Waals surface area (Å²) < 4.78 is 15.5. The van der Waals surface area contributed by atoms with E-state index in [2.05, 4.69) is 16.5 Å². The lowest BCUT2D eigenvalue weighted by Gasteiger charge is -2.29. The number of benzene rings is 2. The molecule has 0 spiro atoms. The molecular weight excluding hydrogens is 363 g/mol. The second-order valence-electron chi connectivity index (χ2n) is 7.44. The van der Waals surface area contributed by atoms with Crippen molar-refractivity contribution in [3.05, 3.63) is 70.1 Å². The van der Waals surface area contributed by atoms with Gasteiger partial charge in [-0.05, 0) is 61.9 Å². The smallest absolute Gasteiger partial charge is 0.123 e. The van der Waals surface area contributed by atoms with E-state index in [9.17, 15) is 9.50 Å². The molecule has 3 nitrogen and oxygen atoms in total. The molecular formula is C22H26ClFN2O. The molecule has 5 heteroatoms. The number of fused-ring (bicyclic) bond motifs is 3. The molecule has 1 atom stereocenters. The zero-order chi connectivity index (χ0) is 18.5. The molecule has 4 rings (SSSR count). The molecule has 1 unspecified atom stereocenters. The van der Waals surface area contributed by atoms with E-state index in [-0.39, 0.29) is 13.2 Å². The van der Waals surface area contributed by atoms with E-state index in [1.165, 1.54) is 23.4 Å². The Morgan fingerprint density at radius 1 is 1.19 bits per heavy atom. The quantitative estimate of drug-likeness (QED) is 0.686. The van der Waals surface area contributed by atoms with E-state index in [1.54, 1.807) is 19.1 Å². The van der Waals surface area contributed by atoms with Crippen molar-refractivity contribution in [1.29, 1.82) is 0 Å². The van der Waals surface area contributed by atoms with Gasteiger partial charge in [0, 0.05) is 34.7 Å². The van der Waals surface area contributed by atoms with Gasteiger partial charge in [0.15, 0.2) is 0 Å². The van der Waals surface area contributed by atoms with E-state index in [0.29, 0.717) is 12.1 Å². The lowest BCUT2D eigenvalue weighted by Crippen LogP contribution is -2.32. The lowest BCUT2D eigenvalue weighted by atomic mass is 9.95. The van der Waals surface area contributed by atoms with Crippen LogP contribution in [0.2, 0.25) is 5.02 Å². The van der Waals surface area contributed by atoms with Gasteiger partial charge in [0.2, 0.25) is 0 Å². The molecule has 0 saturated heterocycles. The van der Waals surface area contributed by atoms with Crippen LogP contribution in [0.5, 0.6) is 0 Å². The SMILES string of the molecule is C.CN1CCc2c(n(CC(C)(O)c3ccc(F)cc3)c3ccc(Cl)cc23)C1. The largest absolute Gasteiger partial charge is 0.384 e. The Morgan fingerprint density at radius 3 is 2.59 bits per heavy atom. The van der Waals surface area contributed by atoms with Gasteiger partial charge in [-0.15, -0.1) is 0 Å². The number of halogens is 2. The first-order chi connectivity index (χ1) is 12.3. The third-order valence-corrected chi connectivity index (χ3v) is 5.58. The van der Waals surface area contributed by atoms with Gasteiger partial charge in [0.05, 0.1) is 6.54 Å². The third kappa shape index (κ3) is 3.62. The predicted octanol–water partition coefficient (Wildman–Crippen LogP) is 4.97. The molecule has 3 aromatic rings. The van der Waals surface area contributed by atoms with E-state index < -0.39 is 5.60 Å². The Morgan fingerprint density at radius 2 is 1.89 bits per heavy atom. The highest BCUT2D eigenvalue weighted by Gasteiger charge is 2.29. The number of nitrogens with zero attached hydrogens (tertiary/aromatic N) is 2. The Balaban J connectivity index is 0.00000210. The normalized spacial score (nSPS) is 16.6. The van der Waals surface area contributed by atoms with Crippen LogP contribution in [0.25, 0.3) is 10.9 Å². The average Bonchev–Trinajstić information content (AvgIpc) is 2.87. The second-order valence-corrected chi connectivity index (χ2v) is 7.88. The zero-order valence-corrected chi connectivity index (χ0v) is 15.7. The van der Waals surface area contributed by atoms with Crippen LogP contribution in [0.4, 0.5) is 4.39 Å². The molecule has 0 bridgehead atoms. The number of hydrogen-bond donors (Lipinski definition) is 1. The maximum Gasteiger partial charge on any atom is 0.123 e. The van der Waals surface area contributed by atoms with Gasteiger partial charge in [-0.25, -0.2) is 4.39 Å². The topological polar surface area (TPSA) is 28.4 Å². The molecule has 2 heterocycles. The fourth-order valence-electron chi connectivity index (χ4n) is 3.93. The fraction of sp³-hybridized carbons (Fsp3) is 0.364. The van der Waals surface area contributed by atoms with E-state index in [1.807, 2.05) is 18.2 Å². The summed E-state index contributed by atoms with van der Waals surface area (Å²) in [6, 6.07) is 12.0. The fourth-order valence-corrected chi connectivity index (χ4v) is 4.11. The molecule has 0 aliphatic carbocycles. The van der Waals surface area contributed by atoms with Crippen molar-refractivity contribution in [1.82, 2.24) is 9.47 Å². The molecule has 1 aromatic heterocycles. The summed E-state index contributed by atoms with van der Waals surface area (Å²) in [5.74, 6) is -0.301. The second kappa shape index (κ2) is 7.27.